The van der Waals surface area contributed by atoms with Gasteiger partial charge in [-0.2, -0.15) is 0 Å². The number of para-hydroxylation sites is 1. The third kappa shape index (κ3) is 5.88. The van der Waals surface area contributed by atoms with Crippen LogP contribution in [0.4, 0.5) is 10.1 Å². The molecule has 0 fully saturated rings. The summed E-state index contributed by atoms with van der Waals surface area (Å²) in [5.41, 5.74) is 1.48. The Morgan fingerprint density at radius 1 is 1.12 bits per heavy atom. The molecule has 2 amide bonds. The Labute approximate surface area is 157 Å². The van der Waals surface area contributed by atoms with Crippen LogP contribution in [0.3, 0.4) is 0 Å². The lowest BCUT2D eigenvalue weighted by Gasteiger charge is -2.14. The average molecular weight is 374 g/mol. The van der Waals surface area contributed by atoms with Crippen molar-refractivity contribution in [2.75, 3.05) is 11.1 Å². The molecule has 0 aliphatic rings. The van der Waals surface area contributed by atoms with E-state index in [4.69, 9.17) is 0 Å². The SMILES string of the molecule is CC[C@@H](C)NC(=O)c1ccccc1NC(=O)CSCc1ccccc1F. The summed E-state index contributed by atoms with van der Waals surface area (Å²) in [6.45, 7) is 3.92. The van der Waals surface area contributed by atoms with Gasteiger partial charge in [0.15, 0.2) is 0 Å². The molecule has 4 nitrogen and oxygen atoms in total. The molecule has 0 bridgehead atoms. The molecule has 0 radical (unpaired) electrons. The lowest BCUT2D eigenvalue weighted by Crippen LogP contribution is -2.32. The number of anilines is 1. The predicted octanol–water partition coefficient (Wildman–Crippen LogP) is 4.23. The zero-order valence-corrected chi connectivity index (χ0v) is 15.7. The van der Waals surface area contributed by atoms with Gasteiger partial charge in [0.1, 0.15) is 5.82 Å². The number of carbonyl (C=O) groups is 2. The molecule has 138 valence electrons. The summed E-state index contributed by atoms with van der Waals surface area (Å²) in [4.78, 5) is 24.5. The number of rotatable bonds is 8. The maximum absolute atomic E-state index is 13.6. The predicted molar refractivity (Wildman–Crippen MR) is 105 cm³/mol. The minimum absolute atomic E-state index is 0.0579. The number of nitrogens with one attached hydrogen (secondary N) is 2. The summed E-state index contributed by atoms with van der Waals surface area (Å²) in [6, 6.07) is 13.5. The van der Waals surface area contributed by atoms with Gasteiger partial charge in [0.05, 0.1) is 17.0 Å². The highest BCUT2D eigenvalue weighted by molar-refractivity contribution is 7.99. The first kappa shape index (κ1) is 20.0. The molecule has 0 saturated heterocycles. The van der Waals surface area contributed by atoms with E-state index in [1.807, 2.05) is 13.8 Å². The topological polar surface area (TPSA) is 58.2 Å². The molecule has 0 aliphatic carbocycles. The molecule has 0 aromatic heterocycles. The highest BCUT2D eigenvalue weighted by atomic mass is 32.2. The molecule has 2 rings (SSSR count). The largest absolute Gasteiger partial charge is 0.350 e. The maximum atomic E-state index is 13.6. The standard InChI is InChI=1S/C20H23FN2O2S/c1-3-14(2)22-20(25)16-9-5-7-11-18(16)23-19(24)13-26-12-15-8-4-6-10-17(15)21/h4-11,14H,3,12-13H2,1-2H3,(H,22,25)(H,23,24)/t14-/m1/s1. The van der Waals surface area contributed by atoms with E-state index in [9.17, 15) is 14.0 Å². The van der Waals surface area contributed by atoms with Crippen molar-refractivity contribution in [2.24, 2.45) is 0 Å². The molecule has 0 saturated carbocycles. The summed E-state index contributed by atoms with van der Waals surface area (Å²) in [5.74, 6) is -0.122. The summed E-state index contributed by atoms with van der Waals surface area (Å²) >= 11 is 1.32. The normalized spacial score (nSPS) is 11.7. The zero-order chi connectivity index (χ0) is 18.9. The summed E-state index contributed by atoms with van der Waals surface area (Å²) in [5, 5.41) is 5.66. The fourth-order valence-electron chi connectivity index (χ4n) is 2.25. The van der Waals surface area contributed by atoms with E-state index >= 15 is 0 Å². The van der Waals surface area contributed by atoms with Gasteiger partial charge >= 0.3 is 0 Å². The Kier molecular flexibility index (Phi) is 7.66. The molecular formula is C20H23FN2O2S. The number of amides is 2. The van der Waals surface area contributed by atoms with Crippen molar-refractivity contribution in [2.45, 2.75) is 32.1 Å². The van der Waals surface area contributed by atoms with Crippen LogP contribution < -0.4 is 10.6 Å². The zero-order valence-electron chi connectivity index (χ0n) is 14.9. The van der Waals surface area contributed by atoms with Gasteiger partial charge in [0.25, 0.3) is 5.91 Å². The van der Waals surface area contributed by atoms with Gasteiger partial charge in [-0.3, -0.25) is 9.59 Å². The van der Waals surface area contributed by atoms with Gasteiger partial charge in [-0.05, 0) is 37.1 Å². The smallest absolute Gasteiger partial charge is 0.253 e. The van der Waals surface area contributed by atoms with Crippen LogP contribution in [0.2, 0.25) is 0 Å². The molecule has 0 aliphatic heterocycles. The monoisotopic (exact) mass is 374 g/mol. The van der Waals surface area contributed by atoms with Crippen LogP contribution in [-0.2, 0) is 10.5 Å². The minimum Gasteiger partial charge on any atom is -0.350 e. The molecule has 0 unspecified atom stereocenters. The number of carbonyl (C=O) groups excluding carboxylic acids is 2. The molecule has 0 spiro atoms. The van der Waals surface area contributed by atoms with E-state index in [1.165, 1.54) is 17.8 Å². The van der Waals surface area contributed by atoms with Gasteiger partial charge in [-0.15, -0.1) is 11.8 Å². The van der Waals surface area contributed by atoms with E-state index in [0.717, 1.165) is 6.42 Å². The number of benzene rings is 2. The lowest BCUT2D eigenvalue weighted by molar-refractivity contribution is -0.113. The maximum Gasteiger partial charge on any atom is 0.253 e. The number of halogens is 1. The van der Waals surface area contributed by atoms with Crippen molar-refractivity contribution < 1.29 is 14.0 Å². The van der Waals surface area contributed by atoms with Crippen LogP contribution >= 0.6 is 11.8 Å². The highest BCUT2D eigenvalue weighted by Gasteiger charge is 2.14. The molecule has 26 heavy (non-hydrogen) atoms. The second kappa shape index (κ2) is 9.97. The van der Waals surface area contributed by atoms with Crippen molar-refractivity contribution >= 4 is 29.3 Å². The molecule has 1 atom stereocenters. The second-order valence-electron chi connectivity index (χ2n) is 5.96. The van der Waals surface area contributed by atoms with Gasteiger partial charge in [-0.1, -0.05) is 37.3 Å². The van der Waals surface area contributed by atoms with Crippen molar-refractivity contribution in [3.8, 4) is 0 Å². The average Bonchev–Trinajstić information content (AvgIpc) is 2.63. The number of hydrogen-bond donors (Lipinski definition) is 2. The summed E-state index contributed by atoms with van der Waals surface area (Å²) in [6.07, 6.45) is 0.826. The first-order valence-corrected chi connectivity index (χ1v) is 9.67. The minimum atomic E-state index is -0.271. The number of thioether (sulfide) groups is 1. The van der Waals surface area contributed by atoms with Crippen LogP contribution in [-0.4, -0.2) is 23.6 Å². The first-order chi connectivity index (χ1) is 12.5. The van der Waals surface area contributed by atoms with Crippen molar-refractivity contribution in [3.63, 3.8) is 0 Å². The van der Waals surface area contributed by atoms with Gasteiger partial charge in [0.2, 0.25) is 5.91 Å². The fraction of sp³-hybridized carbons (Fsp3) is 0.300. The highest BCUT2D eigenvalue weighted by Crippen LogP contribution is 2.18. The van der Waals surface area contributed by atoms with Gasteiger partial charge < -0.3 is 10.6 Å². The summed E-state index contributed by atoms with van der Waals surface area (Å²) in [7, 11) is 0. The molecule has 6 heteroatoms. The quantitative estimate of drug-likeness (QED) is 0.727. The van der Waals surface area contributed by atoms with Crippen LogP contribution in [0.15, 0.2) is 48.5 Å². The Hall–Kier alpha value is -2.34. The third-order valence-electron chi connectivity index (χ3n) is 3.88. The molecule has 0 heterocycles. The van der Waals surface area contributed by atoms with Crippen LogP contribution in [0.25, 0.3) is 0 Å². The van der Waals surface area contributed by atoms with Gasteiger partial charge in [-0.25, -0.2) is 4.39 Å². The van der Waals surface area contributed by atoms with Crippen LogP contribution in [0.5, 0.6) is 0 Å². The van der Waals surface area contributed by atoms with Crippen molar-refractivity contribution in [1.29, 1.82) is 0 Å². The first-order valence-electron chi connectivity index (χ1n) is 8.52. The van der Waals surface area contributed by atoms with Crippen LogP contribution in [0.1, 0.15) is 36.2 Å². The Balaban J connectivity index is 1.92. The van der Waals surface area contributed by atoms with E-state index in [0.29, 0.717) is 22.6 Å². The lowest BCUT2D eigenvalue weighted by atomic mass is 10.1. The Morgan fingerprint density at radius 2 is 1.81 bits per heavy atom. The van der Waals surface area contributed by atoms with E-state index < -0.39 is 0 Å². The van der Waals surface area contributed by atoms with E-state index in [1.54, 1.807) is 42.5 Å². The van der Waals surface area contributed by atoms with Gasteiger partial charge in [0, 0.05) is 11.8 Å². The summed E-state index contributed by atoms with van der Waals surface area (Å²) < 4.78 is 13.6. The second-order valence-corrected chi connectivity index (χ2v) is 6.95. The Morgan fingerprint density at radius 3 is 2.54 bits per heavy atom. The molecular weight excluding hydrogens is 351 g/mol. The van der Waals surface area contributed by atoms with Crippen molar-refractivity contribution in [3.05, 3.63) is 65.5 Å². The number of hydrogen-bond acceptors (Lipinski definition) is 3. The van der Waals surface area contributed by atoms with E-state index in [2.05, 4.69) is 10.6 Å². The molecule has 2 N–H and O–H groups in total. The van der Waals surface area contributed by atoms with Crippen LogP contribution in [0, 0.1) is 5.82 Å². The molecule has 2 aromatic rings. The Bertz CT molecular complexity index is 767. The van der Waals surface area contributed by atoms with Crippen molar-refractivity contribution in [1.82, 2.24) is 5.32 Å². The third-order valence-corrected chi connectivity index (χ3v) is 4.87. The fourth-order valence-corrected chi connectivity index (χ4v) is 3.06. The van der Waals surface area contributed by atoms with E-state index in [-0.39, 0.29) is 29.4 Å². The molecule has 2 aromatic carbocycles.